The number of nitrogens with zero attached hydrogens (tertiary/aromatic N) is 2. The second-order valence-electron chi connectivity index (χ2n) is 6.13. The molecule has 128 valence electrons. The van der Waals surface area contributed by atoms with Gasteiger partial charge in [-0.3, -0.25) is 4.79 Å². The van der Waals surface area contributed by atoms with Gasteiger partial charge in [0.25, 0.3) is 0 Å². The van der Waals surface area contributed by atoms with Gasteiger partial charge in [0.2, 0.25) is 11.8 Å². The van der Waals surface area contributed by atoms with Gasteiger partial charge in [0.05, 0.1) is 29.6 Å². The molecule has 0 radical (unpaired) electrons. The lowest BCUT2D eigenvalue weighted by molar-refractivity contribution is -0.117. The van der Waals surface area contributed by atoms with Gasteiger partial charge in [0, 0.05) is 6.07 Å². The second kappa shape index (κ2) is 7.32. The summed E-state index contributed by atoms with van der Waals surface area (Å²) in [5, 5.41) is 11.8. The summed E-state index contributed by atoms with van der Waals surface area (Å²) in [6, 6.07) is 10.5. The highest BCUT2D eigenvalue weighted by atomic mass is 16.5. The van der Waals surface area contributed by atoms with Gasteiger partial charge >= 0.3 is 0 Å². The minimum Gasteiger partial charge on any atom is -0.439 e. The molecule has 0 aliphatic heterocycles. The molecule has 1 unspecified atom stereocenters. The van der Waals surface area contributed by atoms with Crippen LogP contribution in [0.25, 0.3) is 0 Å². The van der Waals surface area contributed by atoms with Gasteiger partial charge in [0.1, 0.15) is 5.75 Å². The SMILES string of the molecule is CCC(N)C(=O)Nc1ccc(Oc2ccc(C#N)cc2C2CC2)nc1. The molecule has 6 heteroatoms. The van der Waals surface area contributed by atoms with Crippen LogP contribution in [0.4, 0.5) is 5.69 Å². The van der Waals surface area contributed by atoms with Crippen molar-refractivity contribution in [3.05, 3.63) is 47.7 Å². The van der Waals surface area contributed by atoms with E-state index in [1.807, 2.05) is 19.1 Å². The summed E-state index contributed by atoms with van der Waals surface area (Å²) in [5.41, 5.74) is 7.94. The number of nitrogens with two attached hydrogens (primary N) is 1. The van der Waals surface area contributed by atoms with Crippen LogP contribution in [0.5, 0.6) is 11.6 Å². The van der Waals surface area contributed by atoms with Gasteiger partial charge in [-0.15, -0.1) is 0 Å². The fourth-order valence-electron chi connectivity index (χ4n) is 2.47. The Morgan fingerprint density at radius 2 is 2.24 bits per heavy atom. The maximum absolute atomic E-state index is 11.8. The summed E-state index contributed by atoms with van der Waals surface area (Å²) in [5.74, 6) is 1.38. The molecule has 1 aromatic carbocycles. The Labute approximate surface area is 146 Å². The van der Waals surface area contributed by atoms with Crippen LogP contribution in [-0.4, -0.2) is 16.9 Å². The molecular weight excluding hydrogens is 316 g/mol. The third-order valence-corrected chi connectivity index (χ3v) is 4.15. The molecule has 0 bridgehead atoms. The average molecular weight is 336 g/mol. The number of hydrogen-bond acceptors (Lipinski definition) is 5. The summed E-state index contributed by atoms with van der Waals surface area (Å²) in [4.78, 5) is 16.0. The third-order valence-electron chi connectivity index (χ3n) is 4.15. The number of pyridine rings is 1. The zero-order valence-corrected chi connectivity index (χ0v) is 14.0. The normalized spacial score (nSPS) is 14.4. The van der Waals surface area contributed by atoms with E-state index >= 15 is 0 Å². The van der Waals surface area contributed by atoms with Crippen molar-refractivity contribution in [2.45, 2.75) is 38.1 Å². The summed E-state index contributed by atoms with van der Waals surface area (Å²) < 4.78 is 5.88. The van der Waals surface area contributed by atoms with Crippen molar-refractivity contribution in [1.29, 1.82) is 5.26 Å². The fourth-order valence-corrected chi connectivity index (χ4v) is 2.47. The highest BCUT2D eigenvalue weighted by molar-refractivity contribution is 5.94. The molecular formula is C19H20N4O2. The van der Waals surface area contributed by atoms with E-state index in [1.165, 1.54) is 6.20 Å². The van der Waals surface area contributed by atoms with Crippen LogP contribution in [-0.2, 0) is 4.79 Å². The smallest absolute Gasteiger partial charge is 0.241 e. The van der Waals surface area contributed by atoms with E-state index in [4.69, 9.17) is 15.7 Å². The molecule has 3 N–H and O–H groups in total. The quantitative estimate of drug-likeness (QED) is 0.843. The van der Waals surface area contributed by atoms with E-state index in [2.05, 4.69) is 16.4 Å². The lowest BCUT2D eigenvalue weighted by Crippen LogP contribution is -2.34. The molecule has 6 nitrogen and oxygen atoms in total. The van der Waals surface area contributed by atoms with Crippen LogP contribution >= 0.6 is 0 Å². The second-order valence-corrected chi connectivity index (χ2v) is 6.13. The molecule has 1 atom stereocenters. The van der Waals surface area contributed by atoms with Gasteiger partial charge < -0.3 is 15.8 Å². The van der Waals surface area contributed by atoms with E-state index in [9.17, 15) is 4.79 Å². The number of benzene rings is 1. The van der Waals surface area contributed by atoms with E-state index < -0.39 is 6.04 Å². The molecule has 1 amide bonds. The average Bonchev–Trinajstić information content (AvgIpc) is 3.48. The van der Waals surface area contributed by atoms with Crippen molar-refractivity contribution in [3.8, 4) is 17.7 Å². The number of amides is 1. The molecule has 0 spiro atoms. The molecule has 25 heavy (non-hydrogen) atoms. The Bertz CT molecular complexity index is 807. The Morgan fingerprint density at radius 3 is 2.84 bits per heavy atom. The van der Waals surface area contributed by atoms with Crippen molar-refractivity contribution in [2.75, 3.05) is 5.32 Å². The van der Waals surface area contributed by atoms with E-state index in [-0.39, 0.29) is 5.91 Å². The van der Waals surface area contributed by atoms with E-state index in [0.29, 0.717) is 29.5 Å². The number of nitriles is 1. The highest BCUT2D eigenvalue weighted by Gasteiger charge is 2.27. The van der Waals surface area contributed by atoms with Crippen LogP contribution in [0, 0.1) is 11.3 Å². The molecule has 1 aromatic heterocycles. The number of nitrogens with one attached hydrogen (secondary N) is 1. The molecule has 1 fully saturated rings. The Kier molecular flexibility index (Phi) is 4.96. The standard InChI is InChI=1S/C19H20N4O2/c1-2-16(21)19(24)23-14-6-8-18(22-11-14)25-17-7-3-12(10-20)9-15(17)13-4-5-13/h3,6-9,11,13,16H,2,4-5,21H2,1H3,(H,23,24). The topological polar surface area (TPSA) is 101 Å². The molecule has 1 saturated carbocycles. The number of carbonyl (C=O) groups is 1. The Balaban J connectivity index is 1.72. The van der Waals surface area contributed by atoms with E-state index in [1.54, 1.807) is 18.2 Å². The van der Waals surface area contributed by atoms with E-state index in [0.717, 1.165) is 24.2 Å². The van der Waals surface area contributed by atoms with Crippen LogP contribution in [0.15, 0.2) is 36.5 Å². The molecule has 1 heterocycles. The van der Waals surface area contributed by atoms with Crippen molar-refractivity contribution < 1.29 is 9.53 Å². The molecule has 1 aliphatic carbocycles. The first-order chi connectivity index (χ1) is 12.1. The van der Waals surface area contributed by atoms with Gasteiger partial charge in [-0.2, -0.15) is 5.26 Å². The van der Waals surface area contributed by atoms with Gasteiger partial charge in [-0.25, -0.2) is 4.98 Å². The highest BCUT2D eigenvalue weighted by Crippen LogP contribution is 2.45. The van der Waals surface area contributed by atoms with Crippen molar-refractivity contribution >= 4 is 11.6 Å². The summed E-state index contributed by atoms with van der Waals surface area (Å²) in [6.07, 6.45) is 4.34. The lowest BCUT2D eigenvalue weighted by Gasteiger charge is -2.12. The van der Waals surface area contributed by atoms with Gasteiger partial charge in [-0.05, 0) is 55.0 Å². The number of anilines is 1. The summed E-state index contributed by atoms with van der Waals surface area (Å²) in [6.45, 7) is 1.86. The lowest BCUT2D eigenvalue weighted by atomic mass is 10.1. The molecule has 2 aromatic rings. The minimum atomic E-state index is -0.532. The van der Waals surface area contributed by atoms with Gasteiger partial charge in [0.15, 0.2) is 0 Å². The predicted octanol–water partition coefficient (Wildman–Crippen LogP) is 3.30. The van der Waals surface area contributed by atoms with Crippen LogP contribution < -0.4 is 15.8 Å². The molecule has 3 rings (SSSR count). The maximum atomic E-state index is 11.8. The number of carbonyl (C=O) groups excluding carboxylic acids is 1. The Morgan fingerprint density at radius 1 is 1.44 bits per heavy atom. The molecule has 1 aliphatic rings. The van der Waals surface area contributed by atoms with Crippen molar-refractivity contribution in [2.24, 2.45) is 5.73 Å². The number of rotatable bonds is 6. The van der Waals surface area contributed by atoms with Crippen molar-refractivity contribution in [3.63, 3.8) is 0 Å². The number of ether oxygens (including phenoxy) is 1. The molecule has 0 saturated heterocycles. The first-order valence-electron chi connectivity index (χ1n) is 8.35. The minimum absolute atomic E-state index is 0.235. The first kappa shape index (κ1) is 16.9. The summed E-state index contributed by atoms with van der Waals surface area (Å²) >= 11 is 0. The maximum Gasteiger partial charge on any atom is 0.241 e. The third kappa shape index (κ3) is 4.14. The number of aromatic nitrogens is 1. The van der Waals surface area contributed by atoms with Crippen molar-refractivity contribution in [1.82, 2.24) is 4.98 Å². The first-order valence-corrected chi connectivity index (χ1v) is 8.35. The Hall–Kier alpha value is -2.91. The van der Waals surface area contributed by atoms with Crippen LogP contribution in [0.1, 0.15) is 43.2 Å². The fraction of sp³-hybridized carbons (Fsp3) is 0.316. The monoisotopic (exact) mass is 336 g/mol. The van der Waals surface area contributed by atoms with Gasteiger partial charge in [-0.1, -0.05) is 6.92 Å². The van der Waals surface area contributed by atoms with Crippen LogP contribution in [0.3, 0.4) is 0 Å². The zero-order valence-electron chi connectivity index (χ0n) is 14.0. The zero-order chi connectivity index (χ0) is 17.8. The summed E-state index contributed by atoms with van der Waals surface area (Å²) in [7, 11) is 0. The largest absolute Gasteiger partial charge is 0.439 e. The number of hydrogen-bond donors (Lipinski definition) is 2. The van der Waals surface area contributed by atoms with Crippen LogP contribution in [0.2, 0.25) is 0 Å². The predicted molar refractivity (Wildman–Crippen MR) is 94.3 cm³/mol.